The number of hydrogen-bond acceptors (Lipinski definition) is 3. The van der Waals surface area contributed by atoms with E-state index in [9.17, 15) is 14.0 Å². The summed E-state index contributed by atoms with van der Waals surface area (Å²) in [5.74, 6) is 0.474. The summed E-state index contributed by atoms with van der Waals surface area (Å²) in [6.07, 6.45) is 7.63. The Bertz CT molecular complexity index is 731. The van der Waals surface area contributed by atoms with Crippen LogP contribution in [0.1, 0.15) is 55.8 Å². The molecule has 1 atom stereocenters. The van der Waals surface area contributed by atoms with E-state index < -0.39 is 18.4 Å². The number of ether oxygens (including phenoxy) is 1. The molecule has 0 spiro atoms. The minimum Gasteiger partial charge on any atom is -0.452 e. The monoisotopic (exact) mass is 393 g/mol. The summed E-state index contributed by atoms with van der Waals surface area (Å²) in [5, 5.41) is 3.24. The molecular weight excluding hydrogens is 369 g/mol. The number of hydrogen-bond donors (Lipinski definition) is 1. The van der Waals surface area contributed by atoms with E-state index in [1.807, 2.05) is 0 Å². The molecule has 4 bridgehead atoms. The third-order valence-electron chi connectivity index (χ3n) is 6.87. The maximum Gasteiger partial charge on any atom is 0.341 e. The predicted molar refractivity (Wildman–Crippen MR) is 99.9 cm³/mol. The van der Waals surface area contributed by atoms with Crippen molar-refractivity contribution >= 4 is 23.5 Å². The van der Waals surface area contributed by atoms with Gasteiger partial charge in [-0.05, 0) is 86.8 Å². The van der Waals surface area contributed by atoms with Gasteiger partial charge in [0.1, 0.15) is 5.82 Å². The van der Waals surface area contributed by atoms with Gasteiger partial charge in [-0.25, -0.2) is 9.18 Å². The van der Waals surface area contributed by atoms with E-state index in [2.05, 4.69) is 12.2 Å². The summed E-state index contributed by atoms with van der Waals surface area (Å²) in [5.41, 5.74) is -0.0298. The van der Waals surface area contributed by atoms with Crippen molar-refractivity contribution in [1.29, 1.82) is 0 Å². The molecule has 4 nitrogen and oxygen atoms in total. The fourth-order valence-corrected chi connectivity index (χ4v) is 6.17. The fourth-order valence-electron chi connectivity index (χ4n) is 6.01. The van der Waals surface area contributed by atoms with Crippen LogP contribution < -0.4 is 5.32 Å². The molecule has 1 aromatic carbocycles. The van der Waals surface area contributed by atoms with Gasteiger partial charge in [0.15, 0.2) is 6.61 Å². The highest BCUT2D eigenvalue weighted by atomic mass is 35.5. The Hall–Kier alpha value is -1.62. The Kier molecular flexibility index (Phi) is 4.91. The summed E-state index contributed by atoms with van der Waals surface area (Å²) in [6.45, 7) is 1.67. The first-order valence-corrected chi connectivity index (χ1v) is 10.1. The number of rotatable bonds is 5. The molecule has 0 unspecified atom stereocenters. The second-order valence-corrected chi connectivity index (χ2v) is 9.21. The lowest BCUT2D eigenvalue weighted by Gasteiger charge is -2.59. The lowest BCUT2D eigenvalue weighted by molar-refractivity contribution is -0.128. The van der Waals surface area contributed by atoms with Crippen LogP contribution in [-0.4, -0.2) is 24.5 Å². The highest BCUT2D eigenvalue weighted by Crippen LogP contribution is 2.61. The van der Waals surface area contributed by atoms with E-state index in [0.717, 1.165) is 23.8 Å². The maximum absolute atomic E-state index is 13.8. The van der Waals surface area contributed by atoms with Gasteiger partial charge >= 0.3 is 5.97 Å². The van der Waals surface area contributed by atoms with Crippen molar-refractivity contribution in [2.75, 3.05) is 6.61 Å². The lowest BCUT2D eigenvalue weighted by Crippen LogP contribution is -2.56. The minimum absolute atomic E-state index is 0.0596. The van der Waals surface area contributed by atoms with Gasteiger partial charge in [-0.2, -0.15) is 0 Å². The van der Waals surface area contributed by atoms with Gasteiger partial charge in [0, 0.05) is 11.1 Å². The van der Waals surface area contributed by atoms with E-state index in [4.69, 9.17) is 16.3 Å². The van der Waals surface area contributed by atoms with Crippen molar-refractivity contribution in [3.8, 4) is 0 Å². The van der Waals surface area contributed by atoms with Gasteiger partial charge in [-0.15, -0.1) is 0 Å². The van der Waals surface area contributed by atoms with Crippen LogP contribution in [0.3, 0.4) is 0 Å². The van der Waals surface area contributed by atoms with Gasteiger partial charge in [-0.1, -0.05) is 11.6 Å². The van der Waals surface area contributed by atoms with Crippen molar-refractivity contribution in [3.05, 3.63) is 34.6 Å². The second kappa shape index (κ2) is 7.08. The number of carbonyl (C=O) groups is 2. The van der Waals surface area contributed by atoms with Gasteiger partial charge in [-0.3, -0.25) is 4.79 Å². The normalized spacial score (nSPS) is 32.2. The van der Waals surface area contributed by atoms with E-state index in [1.165, 1.54) is 50.7 Å². The molecule has 4 fully saturated rings. The number of nitrogens with one attached hydrogen (secondary N) is 1. The SMILES string of the molecule is C[C@H](NC(=O)COC(=O)c1ccc(Cl)cc1F)C12CC3CC(CC(C3)C1)C2. The van der Waals surface area contributed by atoms with Crippen LogP contribution >= 0.6 is 11.6 Å². The average molecular weight is 394 g/mol. The molecule has 1 N–H and O–H groups in total. The van der Waals surface area contributed by atoms with Crippen molar-refractivity contribution in [2.24, 2.45) is 23.2 Å². The molecule has 0 aromatic heterocycles. The van der Waals surface area contributed by atoms with Crippen LogP contribution in [0.4, 0.5) is 4.39 Å². The van der Waals surface area contributed by atoms with Gasteiger partial charge in [0.25, 0.3) is 5.91 Å². The zero-order valence-electron chi connectivity index (χ0n) is 15.5. The smallest absolute Gasteiger partial charge is 0.341 e. The van der Waals surface area contributed by atoms with E-state index in [-0.39, 0.29) is 28.0 Å². The predicted octanol–water partition coefficient (Wildman–Crippen LogP) is 4.36. The van der Waals surface area contributed by atoms with Gasteiger partial charge in [0.2, 0.25) is 0 Å². The molecule has 0 heterocycles. The molecule has 0 saturated heterocycles. The van der Waals surface area contributed by atoms with Crippen LogP contribution in [0.2, 0.25) is 5.02 Å². The van der Waals surface area contributed by atoms with Crippen molar-refractivity contribution < 1.29 is 18.7 Å². The highest BCUT2D eigenvalue weighted by Gasteiger charge is 2.53. The second-order valence-electron chi connectivity index (χ2n) is 8.77. The van der Waals surface area contributed by atoms with Gasteiger partial charge in [0.05, 0.1) is 5.56 Å². The summed E-state index contributed by atoms with van der Waals surface area (Å²) in [4.78, 5) is 24.3. The summed E-state index contributed by atoms with van der Waals surface area (Å²) < 4.78 is 18.8. The Morgan fingerprint density at radius 2 is 1.81 bits per heavy atom. The number of benzene rings is 1. The zero-order chi connectivity index (χ0) is 19.2. The van der Waals surface area contributed by atoms with Crippen LogP contribution in [0.25, 0.3) is 0 Å². The first-order valence-electron chi connectivity index (χ1n) is 9.76. The maximum atomic E-state index is 13.8. The molecule has 1 amide bonds. The third-order valence-corrected chi connectivity index (χ3v) is 7.10. The topological polar surface area (TPSA) is 55.4 Å². The van der Waals surface area contributed by atoms with E-state index in [0.29, 0.717) is 0 Å². The van der Waals surface area contributed by atoms with Crippen molar-refractivity contribution in [1.82, 2.24) is 5.32 Å². The quantitative estimate of drug-likeness (QED) is 0.756. The van der Waals surface area contributed by atoms with Crippen molar-refractivity contribution in [2.45, 2.75) is 51.5 Å². The molecule has 146 valence electrons. The van der Waals surface area contributed by atoms with E-state index in [1.54, 1.807) is 0 Å². The molecule has 4 saturated carbocycles. The Labute approximate surface area is 163 Å². The summed E-state index contributed by atoms with van der Waals surface area (Å²) >= 11 is 5.68. The zero-order valence-corrected chi connectivity index (χ0v) is 16.2. The molecule has 4 aliphatic rings. The van der Waals surface area contributed by atoms with E-state index >= 15 is 0 Å². The van der Waals surface area contributed by atoms with Crippen LogP contribution in [0.15, 0.2) is 18.2 Å². The number of esters is 1. The third kappa shape index (κ3) is 3.71. The van der Waals surface area contributed by atoms with Gasteiger partial charge < -0.3 is 10.1 Å². The lowest BCUT2D eigenvalue weighted by atomic mass is 9.48. The molecule has 1 aromatic rings. The molecule has 4 aliphatic carbocycles. The molecule has 27 heavy (non-hydrogen) atoms. The first kappa shape index (κ1) is 18.7. The van der Waals surface area contributed by atoms with Crippen LogP contribution in [-0.2, 0) is 9.53 Å². The summed E-state index contributed by atoms with van der Waals surface area (Å²) in [7, 11) is 0. The molecule has 5 rings (SSSR count). The molecule has 0 aliphatic heterocycles. The Morgan fingerprint density at radius 3 is 2.37 bits per heavy atom. The van der Waals surface area contributed by atoms with Crippen LogP contribution in [0, 0.1) is 29.0 Å². The molecular formula is C21H25ClFNO3. The standard InChI is InChI=1S/C21H25ClFNO3/c1-12(21-8-13-4-14(9-21)6-15(5-13)10-21)24-19(25)11-27-20(26)17-3-2-16(22)7-18(17)23/h2-3,7,12-15H,4-6,8-11H2,1H3,(H,24,25)/t12-,13?,14?,15?,21?/m0/s1. The Balaban J connectivity index is 1.32. The minimum atomic E-state index is -0.859. The summed E-state index contributed by atoms with van der Waals surface area (Å²) in [6, 6.07) is 3.78. The Morgan fingerprint density at radius 1 is 1.22 bits per heavy atom. The largest absolute Gasteiger partial charge is 0.452 e. The van der Waals surface area contributed by atoms with Crippen LogP contribution in [0.5, 0.6) is 0 Å². The first-order chi connectivity index (χ1) is 12.8. The van der Waals surface area contributed by atoms with Crippen molar-refractivity contribution in [3.63, 3.8) is 0 Å². The molecule has 0 radical (unpaired) electrons. The number of amides is 1. The fraction of sp³-hybridized carbons (Fsp3) is 0.619. The molecule has 6 heteroatoms. The number of halogens is 2. The average Bonchev–Trinajstić information content (AvgIpc) is 2.58. The highest BCUT2D eigenvalue weighted by molar-refractivity contribution is 6.30. The number of carbonyl (C=O) groups excluding carboxylic acids is 2.